The SMILES string of the molecule is CCCCN(C)c1ccc(NS(=O)(=O)CC)cn1. The molecule has 1 N–H and O–H groups in total. The van der Waals surface area contributed by atoms with Gasteiger partial charge in [0.25, 0.3) is 0 Å². The van der Waals surface area contributed by atoms with Gasteiger partial charge in [0.1, 0.15) is 5.82 Å². The van der Waals surface area contributed by atoms with Gasteiger partial charge in [0.15, 0.2) is 0 Å². The van der Waals surface area contributed by atoms with Crippen molar-refractivity contribution in [3.8, 4) is 0 Å². The van der Waals surface area contributed by atoms with E-state index in [0.717, 1.165) is 25.2 Å². The van der Waals surface area contributed by atoms with Gasteiger partial charge < -0.3 is 4.90 Å². The van der Waals surface area contributed by atoms with Gasteiger partial charge in [0.2, 0.25) is 10.0 Å². The minimum atomic E-state index is -3.22. The van der Waals surface area contributed by atoms with Gasteiger partial charge in [-0.15, -0.1) is 0 Å². The third-order valence-electron chi connectivity index (χ3n) is 2.64. The van der Waals surface area contributed by atoms with Crippen LogP contribution in [0.5, 0.6) is 0 Å². The zero-order valence-corrected chi connectivity index (χ0v) is 12.0. The summed E-state index contributed by atoms with van der Waals surface area (Å²) in [5.74, 6) is 0.911. The Kier molecular flexibility index (Phi) is 5.40. The molecule has 102 valence electrons. The number of anilines is 2. The molecule has 0 atom stereocenters. The third kappa shape index (κ3) is 4.52. The average Bonchev–Trinajstić information content (AvgIpc) is 2.36. The molecular formula is C12H21N3O2S. The summed E-state index contributed by atoms with van der Waals surface area (Å²) in [7, 11) is -1.24. The summed E-state index contributed by atoms with van der Waals surface area (Å²) in [5, 5.41) is 0. The summed E-state index contributed by atoms with van der Waals surface area (Å²) < 4.78 is 25.2. The molecule has 0 spiro atoms. The van der Waals surface area contributed by atoms with Crippen LogP contribution in [0.15, 0.2) is 18.3 Å². The van der Waals surface area contributed by atoms with Gasteiger partial charge in [-0.1, -0.05) is 13.3 Å². The van der Waals surface area contributed by atoms with E-state index in [2.05, 4.69) is 21.5 Å². The Morgan fingerprint density at radius 3 is 2.56 bits per heavy atom. The average molecular weight is 271 g/mol. The first-order valence-electron chi connectivity index (χ1n) is 6.16. The van der Waals surface area contributed by atoms with Gasteiger partial charge in [-0.25, -0.2) is 13.4 Å². The summed E-state index contributed by atoms with van der Waals surface area (Å²) >= 11 is 0. The highest BCUT2D eigenvalue weighted by Crippen LogP contribution is 2.14. The van der Waals surface area contributed by atoms with Gasteiger partial charge in [-0.2, -0.15) is 0 Å². The van der Waals surface area contributed by atoms with Crippen molar-refractivity contribution in [2.24, 2.45) is 0 Å². The van der Waals surface area contributed by atoms with Crippen LogP contribution in [0.3, 0.4) is 0 Å². The zero-order valence-electron chi connectivity index (χ0n) is 11.2. The van der Waals surface area contributed by atoms with Gasteiger partial charge in [0.05, 0.1) is 17.6 Å². The lowest BCUT2D eigenvalue weighted by molar-refractivity contribution is 0.602. The largest absolute Gasteiger partial charge is 0.360 e. The van der Waals surface area contributed by atoms with E-state index < -0.39 is 10.0 Å². The number of hydrogen-bond donors (Lipinski definition) is 1. The molecule has 0 unspecified atom stereocenters. The van der Waals surface area contributed by atoms with Crippen LogP contribution in [-0.2, 0) is 10.0 Å². The highest BCUT2D eigenvalue weighted by Gasteiger charge is 2.07. The van der Waals surface area contributed by atoms with Crippen LogP contribution >= 0.6 is 0 Å². The molecule has 18 heavy (non-hydrogen) atoms. The lowest BCUT2D eigenvalue weighted by atomic mass is 10.3. The van der Waals surface area contributed by atoms with Crippen LogP contribution in [0, 0.1) is 0 Å². The molecule has 0 saturated carbocycles. The summed E-state index contributed by atoms with van der Waals surface area (Å²) in [4.78, 5) is 6.31. The maximum absolute atomic E-state index is 11.4. The van der Waals surface area contributed by atoms with Crippen molar-refractivity contribution in [3.05, 3.63) is 18.3 Å². The van der Waals surface area contributed by atoms with E-state index in [1.165, 1.54) is 0 Å². The summed E-state index contributed by atoms with van der Waals surface area (Å²) in [6.07, 6.45) is 3.80. The molecule has 0 aliphatic carbocycles. The van der Waals surface area contributed by atoms with Crippen molar-refractivity contribution in [2.75, 3.05) is 29.0 Å². The quantitative estimate of drug-likeness (QED) is 0.824. The van der Waals surface area contributed by atoms with Crippen LogP contribution < -0.4 is 9.62 Å². The maximum Gasteiger partial charge on any atom is 0.232 e. The molecule has 1 aromatic rings. The number of sulfonamides is 1. The molecule has 0 amide bonds. The zero-order chi connectivity index (χ0) is 13.6. The molecule has 0 aliphatic rings. The topological polar surface area (TPSA) is 62.3 Å². The van der Waals surface area contributed by atoms with Crippen molar-refractivity contribution in [1.29, 1.82) is 0 Å². The number of unbranched alkanes of at least 4 members (excludes halogenated alkanes) is 1. The van der Waals surface area contributed by atoms with Crippen LogP contribution in [0.25, 0.3) is 0 Å². The second kappa shape index (κ2) is 6.58. The predicted molar refractivity (Wildman–Crippen MR) is 75.5 cm³/mol. The third-order valence-corrected chi connectivity index (χ3v) is 3.95. The fourth-order valence-corrected chi connectivity index (χ4v) is 2.06. The maximum atomic E-state index is 11.4. The fourth-order valence-electron chi connectivity index (χ4n) is 1.43. The standard InChI is InChI=1S/C12H21N3O2S/c1-4-6-9-15(3)12-8-7-11(10-13-12)14-18(16,17)5-2/h7-8,10,14H,4-6,9H2,1-3H3. The number of hydrogen-bond acceptors (Lipinski definition) is 4. The first-order chi connectivity index (χ1) is 8.48. The predicted octanol–water partition coefficient (Wildman–Crippen LogP) is 2.08. The van der Waals surface area contributed by atoms with Crippen molar-refractivity contribution in [1.82, 2.24) is 4.98 Å². The molecule has 0 fully saturated rings. The molecule has 0 bridgehead atoms. The molecule has 6 heteroatoms. The number of nitrogens with zero attached hydrogens (tertiary/aromatic N) is 2. The Morgan fingerprint density at radius 1 is 1.33 bits per heavy atom. The lowest BCUT2D eigenvalue weighted by Gasteiger charge is -2.17. The highest BCUT2D eigenvalue weighted by atomic mass is 32.2. The first kappa shape index (κ1) is 14.8. The smallest absolute Gasteiger partial charge is 0.232 e. The summed E-state index contributed by atoms with van der Waals surface area (Å²) in [6, 6.07) is 3.56. The van der Waals surface area contributed by atoms with E-state index in [1.807, 2.05) is 13.1 Å². The van der Waals surface area contributed by atoms with E-state index in [9.17, 15) is 8.42 Å². The highest BCUT2D eigenvalue weighted by molar-refractivity contribution is 7.92. The van der Waals surface area contributed by atoms with Gasteiger partial charge in [-0.3, -0.25) is 4.72 Å². The van der Waals surface area contributed by atoms with E-state index in [1.54, 1.807) is 19.2 Å². The Bertz CT molecular complexity index is 457. The second-order valence-electron chi connectivity index (χ2n) is 4.19. The van der Waals surface area contributed by atoms with E-state index >= 15 is 0 Å². The van der Waals surface area contributed by atoms with Gasteiger partial charge in [0, 0.05) is 13.6 Å². The van der Waals surface area contributed by atoms with Crippen molar-refractivity contribution in [2.45, 2.75) is 26.7 Å². The Morgan fingerprint density at radius 2 is 2.06 bits per heavy atom. The van der Waals surface area contributed by atoms with Crippen LogP contribution in [-0.4, -0.2) is 32.7 Å². The molecule has 1 aromatic heterocycles. The molecule has 0 radical (unpaired) electrons. The van der Waals surface area contributed by atoms with Gasteiger partial charge >= 0.3 is 0 Å². The molecule has 5 nitrogen and oxygen atoms in total. The fraction of sp³-hybridized carbons (Fsp3) is 0.583. The Balaban J connectivity index is 2.68. The number of rotatable bonds is 7. The van der Waals surface area contributed by atoms with Crippen LogP contribution in [0.1, 0.15) is 26.7 Å². The minimum Gasteiger partial charge on any atom is -0.360 e. The summed E-state index contributed by atoms with van der Waals surface area (Å²) in [5.41, 5.74) is 0.504. The lowest BCUT2D eigenvalue weighted by Crippen LogP contribution is -2.20. The normalized spacial score (nSPS) is 11.3. The molecule has 1 heterocycles. The summed E-state index contributed by atoms with van der Waals surface area (Å²) in [6.45, 7) is 4.69. The van der Waals surface area contributed by atoms with Crippen LogP contribution in [0.2, 0.25) is 0 Å². The molecule has 0 aromatic carbocycles. The first-order valence-corrected chi connectivity index (χ1v) is 7.81. The van der Waals surface area contributed by atoms with Crippen molar-refractivity contribution >= 4 is 21.5 Å². The number of aromatic nitrogens is 1. The van der Waals surface area contributed by atoms with E-state index in [0.29, 0.717) is 5.69 Å². The molecular weight excluding hydrogens is 250 g/mol. The van der Waals surface area contributed by atoms with Crippen molar-refractivity contribution < 1.29 is 8.42 Å². The van der Waals surface area contributed by atoms with E-state index in [4.69, 9.17) is 0 Å². The Hall–Kier alpha value is -1.30. The van der Waals surface area contributed by atoms with Gasteiger partial charge in [-0.05, 0) is 25.5 Å². The van der Waals surface area contributed by atoms with E-state index in [-0.39, 0.29) is 5.75 Å². The molecule has 0 saturated heterocycles. The van der Waals surface area contributed by atoms with Crippen molar-refractivity contribution in [3.63, 3.8) is 0 Å². The van der Waals surface area contributed by atoms with Crippen LogP contribution in [0.4, 0.5) is 11.5 Å². The molecule has 0 aliphatic heterocycles. The minimum absolute atomic E-state index is 0.0607. The second-order valence-corrected chi connectivity index (χ2v) is 6.20. The number of nitrogens with one attached hydrogen (secondary N) is 1. The molecule has 1 rings (SSSR count). The Labute approximate surface area is 109 Å². The monoisotopic (exact) mass is 271 g/mol. The number of pyridine rings is 1.